The highest BCUT2D eigenvalue weighted by Gasteiger charge is 2.20. The van der Waals surface area contributed by atoms with E-state index in [1.807, 2.05) is 6.07 Å². The first-order valence-electron chi connectivity index (χ1n) is 5.24. The molecule has 1 unspecified atom stereocenters. The molecule has 2 heterocycles. The zero-order chi connectivity index (χ0) is 10.7. The third-order valence-electron chi connectivity index (χ3n) is 2.76. The van der Waals surface area contributed by atoms with Gasteiger partial charge in [-0.2, -0.15) is 4.98 Å². The first kappa shape index (κ1) is 10.2. The van der Waals surface area contributed by atoms with E-state index in [1.165, 1.54) is 0 Å². The number of aromatic nitrogens is 2. The maximum atomic E-state index is 9.13. The second kappa shape index (κ2) is 4.44. The van der Waals surface area contributed by atoms with Gasteiger partial charge in [0.1, 0.15) is 5.82 Å². The first-order valence-corrected chi connectivity index (χ1v) is 5.24. The molecule has 5 heteroatoms. The molecule has 0 amide bonds. The number of aliphatic hydroxyl groups excluding tert-OH is 1. The largest absolute Gasteiger partial charge is 0.396 e. The highest BCUT2D eigenvalue weighted by Crippen LogP contribution is 2.21. The number of aliphatic hydroxyl groups is 1. The smallest absolute Gasteiger partial charge is 0.221 e. The maximum absolute atomic E-state index is 9.13. The van der Waals surface area contributed by atoms with Crippen LogP contribution in [-0.2, 0) is 0 Å². The van der Waals surface area contributed by atoms with E-state index < -0.39 is 0 Å². The highest BCUT2D eigenvalue weighted by atomic mass is 16.3. The minimum Gasteiger partial charge on any atom is -0.396 e. The summed E-state index contributed by atoms with van der Waals surface area (Å²) in [7, 11) is 0. The fourth-order valence-corrected chi connectivity index (χ4v) is 1.96. The van der Waals surface area contributed by atoms with Crippen LogP contribution in [0.1, 0.15) is 12.8 Å². The fourth-order valence-electron chi connectivity index (χ4n) is 1.96. The molecule has 0 bridgehead atoms. The first-order chi connectivity index (χ1) is 7.29. The molecule has 0 spiro atoms. The van der Waals surface area contributed by atoms with Gasteiger partial charge in [-0.25, -0.2) is 4.98 Å². The van der Waals surface area contributed by atoms with E-state index in [-0.39, 0.29) is 6.61 Å². The number of nitrogens with two attached hydrogens (primary N) is 1. The minimum absolute atomic E-state index is 0.247. The van der Waals surface area contributed by atoms with Crippen molar-refractivity contribution in [2.24, 2.45) is 5.92 Å². The number of anilines is 2. The molecule has 1 fully saturated rings. The molecule has 15 heavy (non-hydrogen) atoms. The van der Waals surface area contributed by atoms with Crippen LogP contribution in [0.2, 0.25) is 0 Å². The Balaban J connectivity index is 2.09. The van der Waals surface area contributed by atoms with E-state index in [0.717, 1.165) is 31.7 Å². The van der Waals surface area contributed by atoms with Crippen molar-refractivity contribution in [1.82, 2.24) is 9.97 Å². The molecule has 0 aliphatic carbocycles. The summed E-state index contributed by atoms with van der Waals surface area (Å²) in [5, 5.41) is 9.13. The number of nitrogen functional groups attached to an aromatic ring is 1. The van der Waals surface area contributed by atoms with Crippen molar-refractivity contribution in [3.8, 4) is 0 Å². The van der Waals surface area contributed by atoms with Crippen molar-refractivity contribution in [1.29, 1.82) is 0 Å². The maximum Gasteiger partial charge on any atom is 0.221 e. The van der Waals surface area contributed by atoms with E-state index in [4.69, 9.17) is 10.8 Å². The number of hydrogen-bond donors (Lipinski definition) is 2. The Morgan fingerprint density at radius 2 is 2.47 bits per heavy atom. The number of rotatable bonds is 2. The summed E-state index contributed by atoms with van der Waals surface area (Å²) in [4.78, 5) is 10.2. The van der Waals surface area contributed by atoms with Crippen LogP contribution < -0.4 is 10.6 Å². The second-order valence-electron chi connectivity index (χ2n) is 3.91. The van der Waals surface area contributed by atoms with Crippen LogP contribution in [0.4, 0.5) is 11.8 Å². The average Bonchev–Trinajstić information content (AvgIpc) is 2.29. The molecule has 2 rings (SSSR count). The van der Waals surface area contributed by atoms with E-state index >= 15 is 0 Å². The van der Waals surface area contributed by atoms with E-state index in [0.29, 0.717) is 11.9 Å². The molecular weight excluding hydrogens is 192 g/mol. The molecule has 1 atom stereocenters. The van der Waals surface area contributed by atoms with Gasteiger partial charge in [-0.1, -0.05) is 0 Å². The predicted molar refractivity (Wildman–Crippen MR) is 58.5 cm³/mol. The molecule has 5 nitrogen and oxygen atoms in total. The van der Waals surface area contributed by atoms with Crippen molar-refractivity contribution < 1.29 is 5.11 Å². The van der Waals surface area contributed by atoms with Crippen LogP contribution >= 0.6 is 0 Å². The van der Waals surface area contributed by atoms with Gasteiger partial charge in [0, 0.05) is 25.9 Å². The summed E-state index contributed by atoms with van der Waals surface area (Å²) >= 11 is 0. The summed E-state index contributed by atoms with van der Waals surface area (Å²) in [5.74, 6) is 1.52. The molecule has 0 aromatic carbocycles. The quantitative estimate of drug-likeness (QED) is 0.729. The van der Waals surface area contributed by atoms with Gasteiger partial charge < -0.3 is 15.7 Å². The van der Waals surface area contributed by atoms with Gasteiger partial charge >= 0.3 is 0 Å². The molecule has 1 aliphatic heterocycles. The fraction of sp³-hybridized carbons (Fsp3) is 0.600. The zero-order valence-corrected chi connectivity index (χ0v) is 8.63. The predicted octanol–water partition coefficient (Wildman–Crippen LogP) is 0.267. The molecule has 1 aliphatic rings. The Labute approximate surface area is 88.9 Å². The summed E-state index contributed by atoms with van der Waals surface area (Å²) in [6, 6.07) is 1.86. The molecular formula is C10H16N4O. The van der Waals surface area contributed by atoms with Gasteiger partial charge in [0.25, 0.3) is 0 Å². The highest BCUT2D eigenvalue weighted by molar-refractivity contribution is 5.41. The lowest BCUT2D eigenvalue weighted by atomic mass is 9.99. The van der Waals surface area contributed by atoms with Gasteiger partial charge in [0.2, 0.25) is 5.95 Å². The van der Waals surface area contributed by atoms with Gasteiger partial charge in [-0.05, 0) is 24.8 Å². The number of piperidine rings is 1. The molecule has 82 valence electrons. The van der Waals surface area contributed by atoms with Crippen LogP contribution in [-0.4, -0.2) is 34.8 Å². The summed E-state index contributed by atoms with van der Waals surface area (Å²) in [5.41, 5.74) is 5.53. The Bertz CT molecular complexity index is 331. The Hall–Kier alpha value is -1.36. The van der Waals surface area contributed by atoms with Crippen molar-refractivity contribution in [3.63, 3.8) is 0 Å². The molecule has 1 saturated heterocycles. The molecule has 3 N–H and O–H groups in total. The van der Waals surface area contributed by atoms with Gasteiger partial charge in [0.05, 0.1) is 0 Å². The van der Waals surface area contributed by atoms with Crippen molar-refractivity contribution >= 4 is 11.8 Å². The summed E-state index contributed by atoms with van der Waals surface area (Å²) < 4.78 is 0. The van der Waals surface area contributed by atoms with E-state index in [2.05, 4.69) is 14.9 Å². The molecule has 0 radical (unpaired) electrons. The SMILES string of the molecule is Nc1nccc(N2CCCC(CO)C2)n1. The lowest BCUT2D eigenvalue weighted by molar-refractivity contribution is 0.208. The Kier molecular flexibility index (Phi) is 3.01. The summed E-state index contributed by atoms with van der Waals surface area (Å²) in [6.07, 6.45) is 3.85. The lowest BCUT2D eigenvalue weighted by Crippen LogP contribution is -2.37. The van der Waals surface area contributed by atoms with Crippen LogP contribution in [0.3, 0.4) is 0 Å². The van der Waals surface area contributed by atoms with Crippen molar-refractivity contribution in [3.05, 3.63) is 12.3 Å². The third-order valence-corrected chi connectivity index (χ3v) is 2.76. The normalized spacial score (nSPS) is 21.7. The van der Waals surface area contributed by atoms with Crippen molar-refractivity contribution in [2.75, 3.05) is 30.3 Å². The average molecular weight is 208 g/mol. The van der Waals surface area contributed by atoms with Gasteiger partial charge in [-0.15, -0.1) is 0 Å². The van der Waals surface area contributed by atoms with E-state index in [9.17, 15) is 0 Å². The topological polar surface area (TPSA) is 75.3 Å². The van der Waals surface area contributed by atoms with Crippen LogP contribution in [0, 0.1) is 5.92 Å². The number of nitrogens with zero attached hydrogens (tertiary/aromatic N) is 3. The standard InChI is InChI=1S/C10H16N4O/c11-10-12-4-3-9(13-10)14-5-1-2-8(6-14)7-15/h3-4,8,15H,1-2,5-7H2,(H2,11,12,13). The summed E-state index contributed by atoms with van der Waals surface area (Å²) in [6.45, 7) is 2.08. The van der Waals surface area contributed by atoms with Crippen LogP contribution in [0.5, 0.6) is 0 Å². The van der Waals surface area contributed by atoms with Gasteiger partial charge in [0.15, 0.2) is 0 Å². The number of hydrogen-bond acceptors (Lipinski definition) is 5. The zero-order valence-electron chi connectivity index (χ0n) is 8.63. The minimum atomic E-state index is 0.247. The molecule has 1 aromatic rings. The Morgan fingerprint density at radius 3 is 3.20 bits per heavy atom. The lowest BCUT2D eigenvalue weighted by Gasteiger charge is -2.32. The molecule has 0 saturated carbocycles. The second-order valence-corrected chi connectivity index (χ2v) is 3.91. The van der Waals surface area contributed by atoms with Gasteiger partial charge in [-0.3, -0.25) is 0 Å². The third kappa shape index (κ3) is 2.36. The van der Waals surface area contributed by atoms with Crippen molar-refractivity contribution in [2.45, 2.75) is 12.8 Å². The monoisotopic (exact) mass is 208 g/mol. The Morgan fingerprint density at radius 1 is 1.60 bits per heavy atom. The van der Waals surface area contributed by atoms with E-state index in [1.54, 1.807) is 6.20 Å². The van der Waals surface area contributed by atoms with Crippen LogP contribution in [0.15, 0.2) is 12.3 Å². The van der Waals surface area contributed by atoms with Crippen LogP contribution in [0.25, 0.3) is 0 Å². The molecule has 1 aromatic heterocycles.